The lowest BCUT2D eigenvalue weighted by molar-refractivity contribution is -0.124. The molecule has 0 aliphatic carbocycles. The Morgan fingerprint density at radius 1 is 1.07 bits per heavy atom. The summed E-state index contributed by atoms with van der Waals surface area (Å²) in [6.07, 6.45) is 0. The van der Waals surface area contributed by atoms with Crippen LogP contribution in [0.2, 0.25) is 0 Å². The molecule has 8 nitrogen and oxygen atoms in total. The fraction of sp³-hybridized carbons (Fsp3) is 0.300. The van der Waals surface area contributed by atoms with Crippen LogP contribution in [0.5, 0.6) is 5.75 Å². The molecule has 0 unspecified atom stereocenters. The highest BCUT2D eigenvalue weighted by Gasteiger charge is 2.16. The SMILES string of the molecule is CCNS(=O)(=O)c1cccc(C(=O)OCC(=O)NCCOc2cccc(C)c2)c1. The van der Waals surface area contributed by atoms with Gasteiger partial charge in [0.15, 0.2) is 6.61 Å². The van der Waals surface area contributed by atoms with Crippen LogP contribution in [0.1, 0.15) is 22.8 Å². The minimum atomic E-state index is -3.69. The summed E-state index contributed by atoms with van der Waals surface area (Å²) in [6.45, 7) is 3.88. The number of hydrogen-bond donors (Lipinski definition) is 2. The van der Waals surface area contributed by atoms with Crippen LogP contribution in [0.3, 0.4) is 0 Å². The van der Waals surface area contributed by atoms with Gasteiger partial charge in [-0.3, -0.25) is 4.79 Å². The van der Waals surface area contributed by atoms with E-state index in [0.717, 1.165) is 5.56 Å². The van der Waals surface area contributed by atoms with E-state index < -0.39 is 28.5 Å². The monoisotopic (exact) mass is 420 g/mol. The molecule has 0 aromatic heterocycles. The predicted molar refractivity (Wildman–Crippen MR) is 107 cm³/mol. The normalized spacial score (nSPS) is 11.0. The van der Waals surface area contributed by atoms with Crippen LogP contribution < -0.4 is 14.8 Å². The molecule has 0 heterocycles. The van der Waals surface area contributed by atoms with E-state index in [-0.39, 0.29) is 30.2 Å². The van der Waals surface area contributed by atoms with Crippen LogP contribution >= 0.6 is 0 Å². The number of hydrogen-bond acceptors (Lipinski definition) is 6. The topological polar surface area (TPSA) is 111 Å². The van der Waals surface area contributed by atoms with Gasteiger partial charge in [-0.2, -0.15) is 0 Å². The first-order chi connectivity index (χ1) is 13.8. The molecule has 2 rings (SSSR count). The Balaban J connectivity index is 1.77. The quantitative estimate of drug-likeness (QED) is 0.447. The lowest BCUT2D eigenvalue weighted by atomic mass is 10.2. The molecule has 0 spiro atoms. The van der Waals surface area contributed by atoms with Crippen molar-refractivity contribution in [1.82, 2.24) is 10.0 Å². The van der Waals surface area contributed by atoms with Crippen LogP contribution in [0.4, 0.5) is 0 Å². The Labute approximate surface area is 170 Å². The van der Waals surface area contributed by atoms with Crippen LogP contribution in [0, 0.1) is 6.92 Å². The van der Waals surface area contributed by atoms with E-state index in [2.05, 4.69) is 10.0 Å². The molecule has 2 aromatic rings. The fourth-order valence-corrected chi connectivity index (χ4v) is 3.48. The first-order valence-electron chi connectivity index (χ1n) is 9.05. The van der Waals surface area contributed by atoms with Gasteiger partial charge in [0, 0.05) is 6.54 Å². The third kappa shape index (κ3) is 7.20. The number of carbonyl (C=O) groups excluding carboxylic acids is 2. The van der Waals surface area contributed by atoms with Gasteiger partial charge < -0.3 is 14.8 Å². The first-order valence-corrected chi connectivity index (χ1v) is 10.5. The maximum absolute atomic E-state index is 12.1. The second kappa shape index (κ2) is 10.6. The molecule has 0 fully saturated rings. The summed E-state index contributed by atoms with van der Waals surface area (Å²) in [5.74, 6) is -0.564. The van der Waals surface area contributed by atoms with Crippen molar-refractivity contribution < 1.29 is 27.5 Å². The van der Waals surface area contributed by atoms with Crippen LogP contribution in [0.25, 0.3) is 0 Å². The number of nitrogens with one attached hydrogen (secondary N) is 2. The summed E-state index contributed by atoms with van der Waals surface area (Å²) in [4.78, 5) is 23.8. The average Bonchev–Trinajstić information content (AvgIpc) is 2.69. The molecule has 0 saturated heterocycles. The van der Waals surface area contributed by atoms with Gasteiger partial charge in [-0.15, -0.1) is 0 Å². The highest BCUT2D eigenvalue weighted by molar-refractivity contribution is 7.89. The number of sulfonamides is 1. The molecule has 0 radical (unpaired) electrons. The summed E-state index contributed by atoms with van der Waals surface area (Å²) < 4.78 is 36.8. The molecule has 0 atom stereocenters. The summed E-state index contributed by atoms with van der Waals surface area (Å²) >= 11 is 0. The van der Waals surface area contributed by atoms with Crippen LogP contribution in [0.15, 0.2) is 53.4 Å². The Hall–Kier alpha value is -2.91. The van der Waals surface area contributed by atoms with Crippen molar-refractivity contribution in [3.63, 3.8) is 0 Å². The Morgan fingerprint density at radius 2 is 1.83 bits per heavy atom. The fourth-order valence-electron chi connectivity index (χ4n) is 2.39. The van der Waals surface area contributed by atoms with Crippen molar-refractivity contribution >= 4 is 21.9 Å². The Kier molecular flexibility index (Phi) is 8.17. The molecule has 29 heavy (non-hydrogen) atoms. The highest BCUT2D eigenvalue weighted by Crippen LogP contribution is 2.13. The zero-order valence-corrected chi connectivity index (χ0v) is 17.1. The molecule has 9 heteroatoms. The molecule has 0 aliphatic heterocycles. The van der Waals surface area contributed by atoms with Crippen molar-refractivity contribution in [2.75, 3.05) is 26.3 Å². The molecular formula is C20H24N2O6S. The predicted octanol–water partition coefficient (Wildman–Crippen LogP) is 1.65. The van der Waals surface area contributed by atoms with Gasteiger partial charge in [-0.25, -0.2) is 17.9 Å². The second-order valence-electron chi connectivity index (χ2n) is 6.12. The number of aryl methyl sites for hydroxylation is 1. The zero-order valence-electron chi connectivity index (χ0n) is 16.3. The first kappa shape index (κ1) is 22.4. The van der Waals surface area contributed by atoms with Crippen molar-refractivity contribution in [3.05, 3.63) is 59.7 Å². The van der Waals surface area contributed by atoms with Crippen LogP contribution in [-0.4, -0.2) is 46.6 Å². The van der Waals surface area contributed by atoms with Gasteiger partial charge in [0.25, 0.3) is 5.91 Å². The molecular weight excluding hydrogens is 396 g/mol. The van der Waals surface area contributed by atoms with E-state index in [1.54, 1.807) is 6.92 Å². The number of benzene rings is 2. The molecule has 1 amide bonds. The minimum Gasteiger partial charge on any atom is -0.492 e. The van der Waals surface area contributed by atoms with E-state index in [4.69, 9.17) is 9.47 Å². The van der Waals surface area contributed by atoms with Crippen LogP contribution in [-0.2, 0) is 19.6 Å². The molecule has 2 N–H and O–H groups in total. The number of carbonyl (C=O) groups is 2. The zero-order chi connectivity index (χ0) is 21.3. The maximum atomic E-state index is 12.1. The van der Waals surface area contributed by atoms with Gasteiger partial charge in [0.1, 0.15) is 12.4 Å². The largest absolute Gasteiger partial charge is 0.492 e. The lowest BCUT2D eigenvalue weighted by Gasteiger charge is -2.09. The van der Waals surface area contributed by atoms with E-state index >= 15 is 0 Å². The van der Waals surface area contributed by atoms with E-state index in [1.807, 2.05) is 31.2 Å². The summed E-state index contributed by atoms with van der Waals surface area (Å²) in [6, 6.07) is 13.0. The molecule has 156 valence electrons. The number of amides is 1. The third-order valence-electron chi connectivity index (χ3n) is 3.73. The number of rotatable bonds is 10. The number of ether oxygens (including phenoxy) is 2. The van der Waals surface area contributed by atoms with Gasteiger partial charge in [0.2, 0.25) is 10.0 Å². The van der Waals surface area contributed by atoms with Gasteiger partial charge >= 0.3 is 5.97 Å². The Bertz CT molecular complexity index is 959. The molecule has 2 aromatic carbocycles. The van der Waals surface area contributed by atoms with Crippen molar-refractivity contribution in [1.29, 1.82) is 0 Å². The van der Waals surface area contributed by atoms with Crippen molar-refractivity contribution in [2.45, 2.75) is 18.7 Å². The highest BCUT2D eigenvalue weighted by atomic mass is 32.2. The minimum absolute atomic E-state index is 0.0413. The van der Waals surface area contributed by atoms with Gasteiger partial charge in [-0.1, -0.05) is 25.1 Å². The maximum Gasteiger partial charge on any atom is 0.338 e. The smallest absolute Gasteiger partial charge is 0.338 e. The van der Waals surface area contributed by atoms with E-state index in [1.165, 1.54) is 24.3 Å². The average molecular weight is 420 g/mol. The number of esters is 1. The molecule has 0 aliphatic rings. The van der Waals surface area contributed by atoms with Crippen molar-refractivity contribution in [2.24, 2.45) is 0 Å². The van der Waals surface area contributed by atoms with Gasteiger partial charge in [-0.05, 0) is 42.8 Å². The lowest BCUT2D eigenvalue weighted by Crippen LogP contribution is -2.32. The molecule has 0 bridgehead atoms. The summed E-state index contributed by atoms with van der Waals surface area (Å²) in [5, 5.41) is 2.58. The third-order valence-corrected chi connectivity index (χ3v) is 5.27. The van der Waals surface area contributed by atoms with E-state index in [0.29, 0.717) is 5.75 Å². The molecule has 0 saturated carbocycles. The van der Waals surface area contributed by atoms with E-state index in [9.17, 15) is 18.0 Å². The summed E-state index contributed by atoms with van der Waals surface area (Å²) in [5.41, 5.74) is 1.11. The standard InChI is InChI=1S/C20H24N2O6S/c1-3-22-29(25,26)18-9-5-7-16(13-18)20(24)28-14-19(23)21-10-11-27-17-8-4-6-15(2)12-17/h4-9,12-13,22H,3,10-11,14H2,1-2H3,(H,21,23). The second-order valence-corrected chi connectivity index (χ2v) is 7.89. The Morgan fingerprint density at radius 3 is 2.55 bits per heavy atom. The van der Waals surface area contributed by atoms with Gasteiger partial charge in [0.05, 0.1) is 17.0 Å². The summed E-state index contributed by atoms with van der Waals surface area (Å²) in [7, 11) is -3.69. The van der Waals surface area contributed by atoms with Crippen molar-refractivity contribution in [3.8, 4) is 5.75 Å².